The van der Waals surface area contributed by atoms with Gasteiger partial charge in [0.2, 0.25) is 0 Å². The Labute approximate surface area is 157 Å². The molecule has 2 aromatic rings. The number of amides is 1. The Morgan fingerprint density at radius 1 is 1.07 bits per heavy atom. The molecule has 0 aliphatic rings. The van der Waals surface area contributed by atoms with Crippen LogP contribution in [0.2, 0.25) is 0 Å². The summed E-state index contributed by atoms with van der Waals surface area (Å²) in [5, 5.41) is 0. The first kappa shape index (κ1) is 20.6. The van der Waals surface area contributed by atoms with E-state index in [9.17, 15) is 22.4 Å². The summed E-state index contributed by atoms with van der Waals surface area (Å²) in [6.45, 7) is 1.42. The van der Waals surface area contributed by atoms with Gasteiger partial charge in [-0.2, -0.15) is 0 Å². The van der Waals surface area contributed by atoms with Crippen LogP contribution in [0.25, 0.3) is 0 Å². The summed E-state index contributed by atoms with van der Waals surface area (Å²) >= 11 is 0. The van der Waals surface area contributed by atoms with Gasteiger partial charge in [-0.05, 0) is 43.3 Å². The average Bonchev–Trinajstić information content (AvgIpc) is 2.66. The van der Waals surface area contributed by atoms with Crippen molar-refractivity contribution >= 4 is 27.4 Å². The van der Waals surface area contributed by atoms with Gasteiger partial charge in [0.25, 0.3) is 5.91 Å². The number of nitrogens with zero attached hydrogens (tertiary/aromatic N) is 1. The summed E-state index contributed by atoms with van der Waals surface area (Å²) in [4.78, 5) is 25.5. The van der Waals surface area contributed by atoms with E-state index in [2.05, 4.69) is 0 Å². The molecule has 0 bridgehead atoms. The van der Waals surface area contributed by atoms with Crippen molar-refractivity contribution in [3.05, 3.63) is 60.4 Å². The minimum Gasteiger partial charge on any atom is -0.452 e. The first-order chi connectivity index (χ1) is 12.7. The number of halogens is 1. The topological polar surface area (TPSA) is 80.8 Å². The Kier molecular flexibility index (Phi) is 6.68. The second-order valence-electron chi connectivity index (χ2n) is 5.89. The van der Waals surface area contributed by atoms with Crippen molar-refractivity contribution in [2.24, 2.45) is 0 Å². The minimum atomic E-state index is -3.75. The average molecular weight is 393 g/mol. The van der Waals surface area contributed by atoms with Crippen molar-refractivity contribution in [1.82, 2.24) is 0 Å². The summed E-state index contributed by atoms with van der Waals surface area (Å²) < 4.78 is 42.3. The standard InChI is InChI=1S/C19H20FNO5S/c1-14(19(23)21(2)16-6-4-3-5-7-16)26-18(22)12-13-27(24,25)17-10-8-15(20)9-11-17/h3-11,14H,12-13H2,1-2H3/t14-/m1/s1. The first-order valence-electron chi connectivity index (χ1n) is 8.21. The molecular formula is C19H20FNO5S. The second-order valence-corrected chi connectivity index (χ2v) is 8.00. The number of sulfone groups is 1. The molecule has 27 heavy (non-hydrogen) atoms. The number of carbonyl (C=O) groups excluding carboxylic acids is 2. The molecule has 0 aliphatic heterocycles. The maximum absolute atomic E-state index is 12.9. The minimum absolute atomic E-state index is 0.0790. The number of hydrogen-bond donors (Lipinski definition) is 0. The number of rotatable bonds is 7. The lowest BCUT2D eigenvalue weighted by Crippen LogP contribution is -2.37. The van der Waals surface area contributed by atoms with Crippen LogP contribution < -0.4 is 4.90 Å². The van der Waals surface area contributed by atoms with Crippen LogP contribution in [0.4, 0.5) is 10.1 Å². The fourth-order valence-corrected chi connectivity index (χ4v) is 3.56. The molecule has 6 nitrogen and oxygen atoms in total. The molecule has 0 saturated carbocycles. The van der Waals surface area contributed by atoms with Gasteiger partial charge in [-0.15, -0.1) is 0 Å². The van der Waals surface area contributed by atoms with Crippen LogP contribution >= 0.6 is 0 Å². The van der Waals surface area contributed by atoms with Gasteiger partial charge < -0.3 is 9.64 Å². The fraction of sp³-hybridized carbons (Fsp3) is 0.263. The molecular weight excluding hydrogens is 373 g/mol. The molecule has 0 aliphatic carbocycles. The molecule has 0 heterocycles. The van der Waals surface area contributed by atoms with Gasteiger partial charge in [-0.25, -0.2) is 12.8 Å². The van der Waals surface area contributed by atoms with E-state index < -0.39 is 45.8 Å². The summed E-state index contributed by atoms with van der Waals surface area (Å²) in [6.07, 6.45) is -1.47. The number of hydrogen-bond acceptors (Lipinski definition) is 5. The maximum Gasteiger partial charge on any atom is 0.307 e. The summed E-state index contributed by atoms with van der Waals surface area (Å²) in [5.74, 6) is -2.28. The van der Waals surface area contributed by atoms with Crippen molar-refractivity contribution in [1.29, 1.82) is 0 Å². The van der Waals surface area contributed by atoms with E-state index in [-0.39, 0.29) is 4.90 Å². The van der Waals surface area contributed by atoms with Crippen LogP contribution in [0.5, 0.6) is 0 Å². The van der Waals surface area contributed by atoms with Crippen molar-refractivity contribution in [2.45, 2.75) is 24.3 Å². The van der Waals surface area contributed by atoms with Gasteiger partial charge in [0.05, 0.1) is 17.1 Å². The third-order valence-electron chi connectivity index (χ3n) is 3.88. The third kappa shape index (κ3) is 5.62. The highest BCUT2D eigenvalue weighted by atomic mass is 32.2. The van der Waals surface area contributed by atoms with Crippen LogP contribution in [0.1, 0.15) is 13.3 Å². The molecule has 2 aromatic carbocycles. The molecule has 2 rings (SSSR count). The zero-order valence-corrected chi connectivity index (χ0v) is 15.8. The predicted molar refractivity (Wildman–Crippen MR) is 98.5 cm³/mol. The molecule has 0 fully saturated rings. The summed E-state index contributed by atoms with van der Waals surface area (Å²) in [5.41, 5.74) is 0.643. The number of benzene rings is 2. The summed E-state index contributed by atoms with van der Waals surface area (Å²) in [6, 6.07) is 13.2. The fourth-order valence-electron chi connectivity index (χ4n) is 2.34. The summed E-state index contributed by atoms with van der Waals surface area (Å²) in [7, 11) is -2.19. The van der Waals surface area contributed by atoms with E-state index in [0.717, 1.165) is 24.3 Å². The molecule has 8 heteroatoms. The van der Waals surface area contributed by atoms with E-state index in [4.69, 9.17) is 4.74 Å². The molecule has 0 saturated heterocycles. The lowest BCUT2D eigenvalue weighted by atomic mass is 10.2. The Hall–Kier alpha value is -2.74. The monoisotopic (exact) mass is 393 g/mol. The number of esters is 1. The van der Waals surface area contributed by atoms with E-state index in [0.29, 0.717) is 5.69 Å². The molecule has 0 unspecified atom stereocenters. The van der Waals surface area contributed by atoms with Crippen molar-refractivity contribution < 1.29 is 27.1 Å². The zero-order valence-electron chi connectivity index (χ0n) is 15.0. The molecule has 0 N–H and O–H groups in total. The van der Waals surface area contributed by atoms with Crippen LogP contribution in [-0.4, -0.2) is 39.2 Å². The predicted octanol–water partition coefficient (Wildman–Crippen LogP) is 2.58. The van der Waals surface area contributed by atoms with Crippen LogP contribution in [0.3, 0.4) is 0 Å². The van der Waals surface area contributed by atoms with Crippen LogP contribution in [0, 0.1) is 5.82 Å². The molecule has 0 spiro atoms. The third-order valence-corrected chi connectivity index (χ3v) is 5.61. The number of para-hydroxylation sites is 1. The number of likely N-dealkylation sites (N-methyl/N-ethyl adjacent to an activating group) is 1. The lowest BCUT2D eigenvalue weighted by Gasteiger charge is -2.21. The molecule has 1 amide bonds. The van der Waals surface area contributed by atoms with E-state index in [1.807, 2.05) is 6.07 Å². The zero-order chi connectivity index (χ0) is 20.0. The van der Waals surface area contributed by atoms with E-state index in [1.165, 1.54) is 11.8 Å². The largest absolute Gasteiger partial charge is 0.452 e. The highest BCUT2D eigenvalue weighted by Gasteiger charge is 2.24. The molecule has 0 aromatic heterocycles. The van der Waals surface area contributed by atoms with Gasteiger partial charge in [0.1, 0.15) is 5.82 Å². The van der Waals surface area contributed by atoms with Crippen molar-refractivity contribution in [3.8, 4) is 0 Å². The van der Waals surface area contributed by atoms with Crippen molar-refractivity contribution in [2.75, 3.05) is 17.7 Å². The number of carbonyl (C=O) groups is 2. The van der Waals surface area contributed by atoms with Crippen LogP contribution in [0.15, 0.2) is 59.5 Å². The number of ether oxygens (including phenoxy) is 1. The first-order valence-corrected chi connectivity index (χ1v) is 9.86. The Morgan fingerprint density at radius 3 is 2.26 bits per heavy atom. The SMILES string of the molecule is C[C@@H](OC(=O)CCS(=O)(=O)c1ccc(F)cc1)C(=O)N(C)c1ccccc1. The smallest absolute Gasteiger partial charge is 0.307 e. The van der Waals surface area contributed by atoms with Gasteiger partial charge in [-0.3, -0.25) is 9.59 Å². The van der Waals surface area contributed by atoms with Gasteiger partial charge in [0.15, 0.2) is 15.9 Å². The van der Waals surface area contributed by atoms with Crippen LogP contribution in [-0.2, 0) is 24.2 Å². The van der Waals surface area contributed by atoms with E-state index >= 15 is 0 Å². The van der Waals surface area contributed by atoms with Gasteiger partial charge in [0, 0.05) is 12.7 Å². The van der Waals surface area contributed by atoms with Gasteiger partial charge >= 0.3 is 5.97 Å². The lowest BCUT2D eigenvalue weighted by molar-refractivity contribution is -0.153. The Balaban J connectivity index is 1.91. The Morgan fingerprint density at radius 2 is 1.67 bits per heavy atom. The molecule has 144 valence electrons. The highest BCUT2D eigenvalue weighted by Crippen LogP contribution is 2.15. The highest BCUT2D eigenvalue weighted by molar-refractivity contribution is 7.91. The normalized spacial score (nSPS) is 12.3. The second kappa shape index (κ2) is 8.77. The van der Waals surface area contributed by atoms with E-state index in [1.54, 1.807) is 31.3 Å². The number of anilines is 1. The quantitative estimate of drug-likeness (QED) is 0.534. The molecule has 0 radical (unpaired) electrons. The maximum atomic E-state index is 12.9. The Bertz CT molecular complexity index is 897. The van der Waals surface area contributed by atoms with Gasteiger partial charge in [-0.1, -0.05) is 18.2 Å². The van der Waals surface area contributed by atoms with Crippen molar-refractivity contribution in [3.63, 3.8) is 0 Å². The molecule has 1 atom stereocenters.